The molecule has 3 N–H and O–H groups in total. The maximum absolute atomic E-state index is 12.0. The van der Waals surface area contributed by atoms with Crippen LogP contribution in [0.3, 0.4) is 0 Å². The van der Waals surface area contributed by atoms with E-state index in [1.54, 1.807) is 0 Å². The van der Waals surface area contributed by atoms with Gasteiger partial charge in [0.25, 0.3) is 5.91 Å². The van der Waals surface area contributed by atoms with Crippen LogP contribution < -0.4 is 11.1 Å². The number of amides is 1. The van der Waals surface area contributed by atoms with E-state index in [0.29, 0.717) is 0 Å². The molecule has 0 fully saturated rings. The van der Waals surface area contributed by atoms with Crippen molar-refractivity contribution in [3.05, 3.63) is 47.4 Å². The Bertz CT molecular complexity index is 595. The van der Waals surface area contributed by atoms with Gasteiger partial charge in [-0.25, -0.2) is 9.97 Å². The van der Waals surface area contributed by atoms with Gasteiger partial charge < -0.3 is 11.1 Å². The summed E-state index contributed by atoms with van der Waals surface area (Å²) in [5, 5.41) is 2.77. The van der Waals surface area contributed by atoms with Crippen LogP contribution in [0.5, 0.6) is 0 Å². The highest BCUT2D eigenvalue weighted by Gasteiger charge is 2.12. The summed E-state index contributed by atoms with van der Waals surface area (Å²) >= 11 is 0. The number of carbonyl (C=O) groups is 1. The molecule has 0 aliphatic heterocycles. The smallest absolute Gasteiger partial charge is 0.278 e. The van der Waals surface area contributed by atoms with E-state index in [0.717, 1.165) is 16.8 Å². The van der Waals surface area contributed by atoms with E-state index in [4.69, 9.17) is 5.73 Å². The fraction of sp³-hybridized carbons (Fsp3) is 0.154. The van der Waals surface area contributed by atoms with Crippen LogP contribution in [0.1, 0.15) is 21.6 Å². The number of rotatable bonds is 2. The first-order chi connectivity index (χ1) is 8.58. The molecule has 0 bridgehead atoms. The fourth-order valence-electron chi connectivity index (χ4n) is 1.66. The van der Waals surface area contributed by atoms with E-state index in [1.165, 1.54) is 12.4 Å². The zero-order chi connectivity index (χ0) is 13.1. The highest BCUT2D eigenvalue weighted by molar-refractivity contribution is 6.05. The monoisotopic (exact) mass is 242 g/mol. The van der Waals surface area contributed by atoms with Gasteiger partial charge in [-0.05, 0) is 25.5 Å². The molecule has 0 saturated carbocycles. The van der Waals surface area contributed by atoms with Crippen LogP contribution in [0, 0.1) is 13.8 Å². The molecule has 18 heavy (non-hydrogen) atoms. The van der Waals surface area contributed by atoms with E-state index in [-0.39, 0.29) is 17.4 Å². The van der Waals surface area contributed by atoms with Gasteiger partial charge in [-0.2, -0.15) is 0 Å². The van der Waals surface area contributed by atoms with Gasteiger partial charge in [0.1, 0.15) is 0 Å². The summed E-state index contributed by atoms with van der Waals surface area (Å²) in [6, 6.07) is 5.79. The molecule has 2 rings (SSSR count). The third kappa shape index (κ3) is 2.45. The first kappa shape index (κ1) is 12.0. The second kappa shape index (κ2) is 4.83. The first-order valence-electron chi connectivity index (χ1n) is 5.53. The molecule has 1 aromatic heterocycles. The molecule has 0 spiro atoms. The number of hydrogen-bond acceptors (Lipinski definition) is 4. The molecule has 0 aliphatic carbocycles. The van der Waals surface area contributed by atoms with Crippen LogP contribution in [-0.4, -0.2) is 15.9 Å². The number of aromatic nitrogens is 2. The molecule has 0 unspecified atom stereocenters. The van der Waals surface area contributed by atoms with Crippen molar-refractivity contribution < 1.29 is 4.79 Å². The number of aryl methyl sites for hydroxylation is 2. The molecule has 0 aliphatic rings. The third-order valence-electron chi connectivity index (χ3n) is 2.57. The Morgan fingerprint density at radius 3 is 2.61 bits per heavy atom. The normalized spacial score (nSPS) is 10.1. The van der Waals surface area contributed by atoms with Gasteiger partial charge in [-0.15, -0.1) is 0 Å². The predicted octanol–water partition coefficient (Wildman–Crippen LogP) is 1.93. The van der Waals surface area contributed by atoms with Crippen LogP contribution in [-0.2, 0) is 0 Å². The summed E-state index contributed by atoms with van der Waals surface area (Å²) in [6.07, 6.45) is 2.89. The highest BCUT2D eigenvalue weighted by atomic mass is 16.1. The Labute approximate surface area is 105 Å². The minimum Gasteiger partial charge on any atom is -0.382 e. The number of carbonyl (C=O) groups excluding carboxylic acids is 1. The molecular formula is C13H14N4O. The second-order valence-corrected chi connectivity index (χ2v) is 4.06. The van der Waals surface area contributed by atoms with Gasteiger partial charge >= 0.3 is 0 Å². The summed E-state index contributed by atoms with van der Waals surface area (Å²) < 4.78 is 0. The molecule has 92 valence electrons. The number of nitrogens with two attached hydrogens (primary N) is 1. The number of anilines is 2. The zero-order valence-corrected chi connectivity index (χ0v) is 10.3. The van der Waals surface area contributed by atoms with Gasteiger partial charge in [0.05, 0.1) is 0 Å². The SMILES string of the molecule is Cc1ccc(NC(=O)c2nccnc2N)c(C)c1. The van der Waals surface area contributed by atoms with Crippen molar-refractivity contribution in [3.8, 4) is 0 Å². The minimum absolute atomic E-state index is 0.125. The number of hydrogen-bond donors (Lipinski definition) is 2. The maximum Gasteiger partial charge on any atom is 0.278 e. The summed E-state index contributed by atoms with van der Waals surface area (Å²) in [6.45, 7) is 3.93. The molecule has 1 aromatic carbocycles. The van der Waals surface area contributed by atoms with Crippen molar-refractivity contribution >= 4 is 17.4 Å². The molecule has 2 aromatic rings. The topological polar surface area (TPSA) is 80.9 Å². The molecular weight excluding hydrogens is 228 g/mol. The zero-order valence-electron chi connectivity index (χ0n) is 10.3. The standard InChI is InChI=1S/C13H14N4O/c1-8-3-4-10(9(2)7-8)17-13(18)11-12(14)16-6-5-15-11/h3-7H,1-2H3,(H2,14,16)(H,17,18). The van der Waals surface area contributed by atoms with Gasteiger partial charge in [-0.1, -0.05) is 17.7 Å². The van der Waals surface area contributed by atoms with Crippen molar-refractivity contribution in [1.29, 1.82) is 0 Å². The fourth-order valence-corrected chi connectivity index (χ4v) is 1.66. The van der Waals surface area contributed by atoms with Gasteiger partial charge in [-0.3, -0.25) is 4.79 Å². The Morgan fingerprint density at radius 1 is 1.22 bits per heavy atom. The molecule has 5 nitrogen and oxygen atoms in total. The maximum atomic E-state index is 12.0. The largest absolute Gasteiger partial charge is 0.382 e. The third-order valence-corrected chi connectivity index (χ3v) is 2.57. The van der Waals surface area contributed by atoms with Crippen LogP contribution in [0.15, 0.2) is 30.6 Å². The van der Waals surface area contributed by atoms with Gasteiger partial charge in [0, 0.05) is 18.1 Å². The lowest BCUT2D eigenvalue weighted by Gasteiger charge is -2.09. The van der Waals surface area contributed by atoms with Crippen LogP contribution >= 0.6 is 0 Å². The first-order valence-corrected chi connectivity index (χ1v) is 5.53. The highest BCUT2D eigenvalue weighted by Crippen LogP contribution is 2.17. The number of nitrogens with one attached hydrogen (secondary N) is 1. The molecule has 5 heteroatoms. The van der Waals surface area contributed by atoms with Crippen LogP contribution in [0.2, 0.25) is 0 Å². The average Bonchev–Trinajstić information content (AvgIpc) is 2.33. The predicted molar refractivity (Wildman–Crippen MR) is 70.3 cm³/mol. The van der Waals surface area contributed by atoms with Crippen molar-refractivity contribution in [2.24, 2.45) is 0 Å². The van der Waals surface area contributed by atoms with E-state index < -0.39 is 0 Å². The Kier molecular flexibility index (Phi) is 3.23. The molecule has 0 atom stereocenters. The summed E-state index contributed by atoms with van der Waals surface area (Å²) in [5.41, 5.74) is 8.62. The van der Waals surface area contributed by atoms with E-state index in [2.05, 4.69) is 15.3 Å². The quantitative estimate of drug-likeness (QED) is 0.843. The van der Waals surface area contributed by atoms with Crippen molar-refractivity contribution in [3.63, 3.8) is 0 Å². The molecule has 1 heterocycles. The summed E-state index contributed by atoms with van der Waals surface area (Å²) in [4.78, 5) is 19.7. The number of nitrogen functional groups attached to an aromatic ring is 1. The number of nitrogens with zero attached hydrogens (tertiary/aromatic N) is 2. The van der Waals surface area contributed by atoms with Crippen LogP contribution in [0.25, 0.3) is 0 Å². The van der Waals surface area contributed by atoms with Gasteiger partial charge in [0.2, 0.25) is 0 Å². The Morgan fingerprint density at radius 2 is 1.94 bits per heavy atom. The Balaban J connectivity index is 2.24. The second-order valence-electron chi connectivity index (χ2n) is 4.06. The minimum atomic E-state index is -0.354. The van der Waals surface area contributed by atoms with E-state index >= 15 is 0 Å². The molecule has 1 amide bonds. The molecule has 0 radical (unpaired) electrons. The Hall–Kier alpha value is -2.43. The lowest BCUT2D eigenvalue weighted by molar-refractivity contribution is 0.102. The van der Waals surface area contributed by atoms with Crippen molar-refractivity contribution in [1.82, 2.24) is 9.97 Å². The number of benzene rings is 1. The lowest BCUT2D eigenvalue weighted by Crippen LogP contribution is -2.17. The van der Waals surface area contributed by atoms with Crippen molar-refractivity contribution in [2.45, 2.75) is 13.8 Å². The van der Waals surface area contributed by atoms with E-state index in [1.807, 2.05) is 32.0 Å². The van der Waals surface area contributed by atoms with E-state index in [9.17, 15) is 4.79 Å². The summed E-state index contributed by atoms with van der Waals surface area (Å²) in [7, 11) is 0. The molecule has 0 saturated heterocycles. The average molecular weight is 242 g/mol. The van der Waals surface area contributed by atoms with Crippen molar-refractivity contribution in [2.75, 3.05) is 11.1 Å². The van der Waals surface area contributed by atoms with Crippen LogP contribution in [0.4, 0.5) is 11.5 Å². The van der Waals surface area contributed by atoms with Gasteiger partial charge in [0.15, 0.2) is 11.5 Å². The lowest BCUT2D eigenvalue weighted by atomic mass is 10.1. The summed E-state index contributed by atoms with van der Waals surface area (Å²) in [5.74, 6) is -0.229.